The van der Waals surface area contributed by atoms with Crippen LogP contribution in [-0.4, -0.2) is 30.0 Å². The summed E-state index contributed by atoms with van der Waals surface area (Å²) in [5.74, 6) is 0.750. The monoisotopic (exact) mass is 420 g/mol. The first kappa shape index (κ1) is 20.8. The van der Waals surface area contributed by atoms with E-state index in [9.17, 15) is 4.79 Å². The van der Waals surface area contributed by atoms with Crippen molar-refractivity contribution in [3.63, 3.8) is 0 Å². The molecule has 1 aliphatic heterocycles. The van der Waals surface area contributed by atoms with Crippen LogP contribution in [-0.2, 0) is 11.3 Å². The minimum absolute atomic E-state index is 0.0133. The van der Waals surface area contributed by atoms with Crippen LogP contribution in [0, 0.1) is 11.7 Å². The van der Waals surface area contributed by atoms with Gasteiger partial charge in [0.15, 0.2) is 0 Å². The Morgan fingerprint density at radius 2 is 1.74 bits per heavy atom. The highest BCUT2D eigenvalue weighted by Gasteiger charge is 2.40. The maximum absolute atomic E-state index is 15.4. The fourth-order valence-corrected chi connectivity index (χ4v) is 4.28. The summed E-state index contributed by atoms with van der Waals surface area (Å²) < 4.78 is 26.6. The second-order valence-electron chi connectivity index (χ2n) is 7.69. The van der Waals surface area contributed by atoms with Gasteiger partial charge in [0, 0.05) is 29.8 Å². The number of carbonyl (C=O) groups excluding carboxylic acids is 1. The van der Waals surface area contributed by atoms with Gasteiger partial charge in [-0.25, -0.2) is 4.39 Å². The Morgan fingerprint density at radius 1 is 1.03 bits per heavy atom. The Kier molecular flexibility index (Phi) is 5.89. The van der Waals surface area contributed by atoms with Crippen molar-refractivity contribution in [1.29, 1.82) is 0 Å². The first-order valence-electron chi connectivity index (χ1n) is 10.2. The van der Waals surface area contributed by atoms with Crippen molar-refractivity contribution < 1.29 is 18.7 Å². The van der Waals surface area contributed by atoms with Gasteiger partial charge in [0.05, 0.1) is 31.5 Å². The molecular weight excluding hydrogens is 395 g/mol. The van der Waals surface area contributed by atoms with Crippen molar-refractivity contribution >= 4 is 5.91 Å². The molecule has 6 heteroatoms. The molecule has 0 aliphatic carbocycles. The smallest absolute Gasteiger partial charge is 0.226 e. The number of halogens is 1. The second kappa shape index (κ2) is 8.76. The molecule has 1 saturated heterocycles. The molecule has 2 heterocycles. The highest BCUT2D eigenvalue weighted by molar-refractivity contribution is 5.82. The van der Waals surface area contributed by atoms with E-state index in [-0.39, 0.29) is 30.2 Å². The molecule has 2 atom stereocenters. The average molecular weight is 420 g/mol. The number of ether oxygens (including phenoxy) is 2. The zero-order valence-corrected chi connectivity index (χ0v) is 17.8. The molecule has 5 nitrogen and oxygen atoms in total. The molecule has 3 aromatic rings. The number of benzene rings is 2. The molecule has 0 saturated carbocycles. The van der Waals surface area contributed by atoms with Gasteiger partial charge < -0.3 is 14.4 Å². The van der Waals surface area contributed by atoms with E-state index in [0.717, 1.165) is 5.56 Å². The van der Waals surface area contributed by atoms with E-state index < -0.39 is 0 Å². The zero-order valence-electron chi connectivity index (χ0n) is 17.8. The van der Waals surface area contributed by atoms with Crippen LogP contribution in [0.4, 0.5) is 4.39 Å². The number of pyridine rings is 1. The van der Waals surface area contributed by atoms with Crippen LogP contribution in [0.15, 0.2) is 60.8 Å². The fourth-order valence-electron chi connectivity index (χ4n) is 4.28. The molecule has 0 N–H and O–H groups in total. The number of methoxy groups -OCH3 is 2. The highest BCUT2D eigenvalue weighted by atomic mass is 19.1. The summed E-state index contributed by atoms with van der Waals surface area (Å²) in [7, 11) is 3.19. The van der Waals surface area contributed by atoms with Gasteiger partial charge in [-0.2, -0.15) is 0 Å². The molecule has 31 heavy (non-hydrogen) atoms. The Labute approximate surface area is 181 Å². The molecule has 160 valence electrons. The van der Waals surface area contributed by atoms with E-state index in [1.807, 2.05) is 31.2 Å². The van der Waals surface area contributed by atoms with Crippen LogP contribution in [0.2, 0.25) is 0 Å². The summed E-state index contributed by atoms with van der Waals surface area (Å²) in [6.45, 7) is 2.06. The predicted molar refractivity (Wildman–Crippen MR) is 116 cm³/mol. The first-order chi connectivity index (χ1) is 15.0. The summed E-state index contributed by atoms with van der Waals surface area (Å²) in [5, 5.41) is 0. The van der Waals surface area contributed by atoms with Crippen LogP contribution in [0.3, 0.4) is 0 Å². The topological polar surface area (TPSA) is 51.7 Å². The predicted octanol–water partition coefficient (Wildman–Crippen LogP) is 5.01. The quantitative estimate of drug-likeness (QED) is 0.562. The van der Waals surface area contributed by atoms with Crippen LogP contribution in [0.5, 0.6) is 11.5 Å². The lowest BCUT2D eigenvalue weighted by Crippen LogP contribution is -2.29. The summed E-state index contributed by atoms with van der Waals surface area (Å²) in [4.78, 5) is 19.1. The zero-order chi connectivity index (χ0) is 22.0. The molecule has 2 aromatic carbocycles. The van der Waals surface area contributed by atoms with Gasteiger partial charge in [-0.05, 0) is 36.8 Å². The molecular formula is C25H25FN2O3. The van der Waals surface area contributed by atoms with Gasteiger partial charge in [0.25, 0.3) is 0 Å². The van der Waals surface area contributed by atoms with Crippen molar-refractivity contribution in [3.05, 3.63) is 77.7 Å². The standard InChI is InChI=1S/C25H25FN2O3/c1-16-14-20(23-21(30-2)11-7-12-22(23)31-3)28(25(16)29)15-17-8-6-9-18(24(17)26)19-10-4-5-13-27-19/h4-13,16,20H,14-15H2,1-3H3. The van der Waals surface area contributed by atoms with E-state index in [0.29, 0.717) is 34.7 Å². The van der Waals surface area contributed by atoms with Crippen molar-refractivity contribution in [1.82, 2.24) is 9.88 Å². The summed E-state index contributed by atoms with van der Waals surface area (Å²) in [6.07, 6.45) is 2.24. The lowest BCUT2D eigenvalue weighted by atomic mass is 9.98. The van der Waals surface area contributed by atoms with Crippen molar-refractivity contribution in [3.8, 4) is 22.8 Å². The number of rotatable bonds is 6. The Morgan fingerprint density at radius 3 is 2.39 bits per heavy atom. The lowest BCUT2D eigenvalue weighted by molar-refractivity contribution is -0.132. The molecule has 0 bridgehead atoms. The number of aromatic nitrogens is 1. The molecule has 2 unspecified atom stereocenters. The summed E-state index contributed by atoms with van der Waals surface area (Å²) in [5.41, 5.74) is 2.24. The van der Waals surface area contributed by atoms with Gasteiger partial charge in [0.2, 0.25) is 5.91 Å². The molecule has 1 aliphatic rings. The van der Waals surface area contributed by atoms with E-state index in [1.165, 1.54) is 0 Å². The number of hydrogen-bond donors (Lipinski definition) is 0. The van der Waals surface area contributed by atoms with Gasteiger partial charge >= 0.3 is 0 Å². The average Bonchev–Trinajstić information content (AvgIpc) is 3.08. The Bertz CT molecular complexity index is 1070. The van der Waals surface area contributed by atoms with Crippen molar-refractivity contribution in [2.75, 3.05) is 14.2 Å². The molecule has 1 fully saturated rings. The molecule has 4 rings (SSSR count). The molecule has 1 amide bonds. The minimum atomic E-state index is -0.362. The summed E-state index contributed by atoms with van der Waals surface area (Å²) >= 11 is 0. The Hall–Kier alpha value is -3.41. The van der Waals surface area contributed by atoms with Gasteiger partial charge in [-0.3, -0.25) is 9.78 Å². The van der Waals surface area contributed by atoms with Gasteiger partial charge in [0.1, 0.15) is 17.3 Å². The maximum atomic E-state index is 15.4. The van der Waals surface area contributed by atoms with Crippen molar-refractivity contribution in [2.45, 2.75) is 25.9 Å². The van der Waals surface area contributed by atoms with Crippen molar-refractivity contribution in [2.24, 2.45) is 5.92 Å². The Balaban J connectivity index is 1.74. The number of hydrogen-bond acceptors (Lipinski definition) is 4. The third-order valence-corrected chi connectivity index (χ3v) is 5.82. The van der Waals surface area contributed by atoms with E-state index in [1.54, 1.807) is 55.6 Å². The van der Waals surface area contributed by atoms with E-state index in [4.69, 9.17) is 9.47 Å². The summed E-state index contributed by atoms with van der Waals surface area (Å²) in [6, 6.07) is 15.9. The SMILES string of the molecule is COc1cccc(OC)c1C1CC(C)C(=O)N1Cc1cccc(-c2ccccn2)c1F. The van der Waals surface area contributed by atoms with Crippen LogP contribution in [0.1, 0.15) is 30.5 Å². The molecule has 0 radical (unpaired) electrons. The normalized spacial score (nSPS) is 18.3. The second-order valence-corrected chi connectivity index (χ2v) is 7.69. The third-order valence-electron chi connectivity index (χ3n) is 5.82. The third kappa shape index (κ3) is 3.85. The molecule has 1 aromatic heterocycles. The lowest BCUT2D eigenvalue weighted by Gasteiger charge is -2.28. The van der Waals surface area contributed by atoms with E-state index >= 15 is 4.39 Å². The first-order valence-corrected chi connectivity index (χ1v) is 10.2. The van der Waals surface area contributed by atoms with E-state index in [2.05, 4.69) is 4.98 Å². The van der Waals surface area contributed by atoms with Crippen LogP contribution >= 0.6 is 0 Å². The molecule has 0 spiro atoms. The number of amides is 1. The largest absolute Gasteiger partial charge is 0.496 e. The minimum Gasteiger partial charge on any atom is -0.496 e. The highest BCUT2D eigenvalue weighted by Crippen LogP contribution is 2.45. The maximum Gasteiger partial charge on any atom is 0.226 e. The van der Waals surface area contributed by atoms with Crippen LogP contribution in [0.25, 0.3) is 11.3 Å². The van der Waals surface area contributed by atoms with Gasteiger partial charge in [-0.1, -0.05) is 31.2 Å². The number of carbonyl (C=O) groups is 1. The van der Waals surface area contributed by atoms with Crippen LogP contribution < -0.4 is 9.47 Å². The number of likely N-dealkylation sites (tertiary alicyclic amines) is 1. The fraction of sp³-hybridized carbons (Fsp3) is 0.280. The number of nitrogens with zero attached hydrogens (tertiary/aromatic N) is 2. The van der Waals surface area contributed by atoms with Gasteiger partial charge in [-0.15, -0.1) is 0 Å².